The number of imidazole rings is 1. The van der Waals surface area contributed by atoms with Gasteiger partial charge >= 0.3 is 0 Å². The highest BCUT2D eigenvalue weighted by Gasteiger charge is 2.19. The Bertz CT molecular complexity index is 567. The molecule has 4 nitrogen and oxygen atoms in total. The Morgan fingerprint density at radius 1 is 1.50 bits per heavy atom. The van der Waals surface area contributed by atoms with E-state index in [0.717, 1.165) is 40.7 Å². The van der Waals surface area contributed by atoms with Gasteiger partial charge in [-0.3, -0.25) is 0 Å². The number of nitrogens with zero attached hydrogens (tertiary/aromatic N) is 3. The molecule has 2 rings (SSSR count). The first-order chi connectivity index (χ1) is 9.71. The number of aryl methyl sites for hydroxylation is 1. The maximum absolute atomic E-state index is 5.91. The van der Waals surface area contributed by atoms with E-state index >= 15 is 0 Å². The summed E-state index contributed by atoms with van der Waals surface area (Å²) in [5, 5.41) is 0. The quantitative estimate of drug-likeness (QED) is 0.702. The molecule has 0 fully saturated rings. The molecule has 110 valence electrons. The summed E-state index contributed by atoms with van der Waals surface area (Å²) in [5.41, 5.74) is 1.81. The maximum Gasteiger partial charge on any atom is 0.160 e. The van der Waals surface area contributed by atoms with Crippen LogP contribution in [0.25, 0.3) is 11.2 Å². The third kappa shape index (κ3) is 3.32. The number of pyridine rings is 1. The van der Waals surface area contributed by atoms with Crippen LogP contribution in [0.2, 0.25) is 0 Å². The first-order valence-electron chi connectivity index (χ1n) is 6.78. The molecule has 0 aromatic carbocycles. The summed E-state index contributed by atoms with van der Waals surface area (Å²) in [6.07, 6.45) is 4.66. The molecule has 6 heteroatoms. The van der Waals surface area contributed by atoms with E-state index in [-0.39, 0.29) is 6.04 Å². The van der Waals surface area contributed by atoms with E-state index in [1.807, 2.05) is 6.07 Å². The van der Waals surface area contributed by atoms with Gasteiger partial charge < -0.3 is 9.30 Å². The number of alkyl halides is 1. The second-order valence-corrected chi connectivity index (χ2v) is 6.02. The molecule has 2 aromatic rings. The van der Waals surface area contributed by atoms with Crippen molar-refractivity contribution in [1.82, 2.24) is 14.5 Å². The molecule has 1 atom stereocenters. The number of ether oxygens (including phenoxy) is 1. The largest absolute Gasteiger partial charge is 0.383 e. The normalized spacial score (nSPS) is 13.0. The molecule has 0 N–H and O–H groups in total. The molecular weight excluding hydrogens is 342 g/mol. The Kier molecular flexibility index (Phi) is 5.81. The van der Waals surface area contributed by atoms with Crippen molar-refractivity contribution in [3.63, 3.8) is 0 Å². The predicted octanol–water partition coefficient (Wildman–Crippen LogP) is 3.96. The molecule has 0 amide bonds. The van der Waals surface area contributed by atoms with Crippen molar-refractivity contribution in [2.24, 2.45) is 0 Å². The Morgan fingerprint density at radius 2 is 2.30 bits per heavy atom. The number of hydrogen-bond acceptors (Lipinski definition) is 3. The SMILES string of the molecule is CCCC(COC)n1c(CCCl)nc2cc(Br)cnc21. The van der Waals surface area contributed by atoms with Crippen LogP contribution in [0.5, 0.6) is 0 Å². The average molecular weight is 361 g/mol. The van der Waals surface area contributed by atoms with Crippen molar-refractivity contribution in [1.29, 1.82) is 0 Å². The number of rotatable bonds is 7. The molecule has 0 radical (unpaired) electrons. The fraction of sp³-hybridized carbons (Fsp3) is 0.571. The standard InChI is InChI=1S/C14H19BrClN3O/c1-3-4-11(9-20-2)19-13(5-6-16)18-12-7-10(15)8-17-14(12)19/h7-8,11H,3-6,9H2,1-2H3. The fourth-order valence-electron chi connectivity index (χ4n) is 2.46. The fourth-order valence-corrected chi connectivity index (χ4v) is 2.95. The number of hydrogen-bond donors (Lipinski definition) is 0. The first kappa shape index (κ1) is 15.7. The Morgan fingerprint density at radius 3 is 2.95 bits per heavy atom. The van der Waals surface area contributed by atoms with E-state index in [0.29, 0.717) is 12.5 Å². The van der Waals surface area contributed by atoms with Crippen molar-refractivity contribution >= 4 is 38.7 Å². The van der Waals surface area contributed by atoms with Gasteiger partial charge in [0.1, 0.15) is 11.3 Å². The third-order valence-corrected chi connectivity index (χ3v) is 3.86. The molecule has 0 aliphatic rings. The summed E-state index contributed by atoms with van der Waals surface area (Å²) in [6.45, 7) is 2.83. The van der Waals surface area contributed by atoms with Gasteiger partial charge in [-0.05, 0) is 28.4 Å². The zero-order valence-electron chi connectivity index (χ0n) is 11.8. The highest BCUT2D eigenvalue weighted by atomic mass is 79.9. The second-order valence-electron chi connectivity index (χ2n) is 4.73. The van der Waals surface area contributed by atoms with Gasteiger partial charge in [0.2, 0.25) is 0 Å². The van der Waals surface area contributed by atoms with Crippen LogP contribution in [0.1, 0.15) is 31.6 Å². The first-order valence-corrected chi connectivity index (χ1v) is 8.11. The lowest BCUT2D eigenvalue weighted by atomic mass is 10.1. The molecule has 0 aliphatic heterocycles. The Labute approximate surface area is 132 Å². The van der Waals surface area contributed by atoms with Crippen LogP contribution in [-0.2, 0) is 11.2 Å². The highest BCUT2D eigenvalue weighted by molar-refractivity contribution is 9.10. The molecule has 20 heavy (non-hydrogen) atoms. The van der Waals surface area contributed by atoms with Gasteiger partial charge in [-0.2, -0.15) is 0 Å². The van der Waals surface area contributed by atoms with Crippen LogP contribution < -0.4 is 0 Å². The monoisotopic (exact) mass is 359 g/mol. The van der Waals surface area contributed by atoms with E-state index in [2.05, 4.69) is 37.4 Å². The summed E-state index contributed by atoms with van der Waals surface area (Å²) in [5.74, 6) is 1.53. The average Bonchev–Trinajstić information content (AvgIpc) is 2.76. The van der Waals surface area contributed by atoms with Crippen LogP contribution in [-0.4, -0.2) is 34.1 Å². The lowest BCUT2D eigenvalue weighted by molar-refractivity contribution is 0.150. The minimum Gasteiger partial charge on any atom is -0.383 e. The predicted molar refractivity (Wildman–Crippen MR) is 85.5 cm³/mol. The molecule has 0 saturated carbocycles. The van der Waals surface area contributed by atoms with Crippen LogP contribution in [0.4, 0.5) is 0 Å². The van der Waals surface area contributed by atoms with Crippen molar-refractivity contribution in [2.75, 3.05) is 19.6 Å². The molecule has 0 bridgehead atoms. The lowest BCUT2D eigenvalue weighted by Crippen LogP contribution is -2.18. The number of methoxy groups -OCH3 is 1. The lowest BCUT2D eigenvalue weighted by Gasteiger charge is -2.20. The smallest absolute Gasteiger partial charge is 0.160 e. The van der Waals surface area contributed by atoms with E-state index in [1.165, 1.54) is 0 Å². The summed E-state index contributed by atoms with van der Waals surface area (Å²) < 4.78 is 8.50. The Balaban J connectivity index is 2.53. The molecular formula is C14H19BrClN3O. The molecule has 1 unspecified atom stereocenters. The van der Waals surface area contributed by atoms with Gasteiger partial charge in [-0.1, -0.05) is 13.3 Å². The molecule has 0 aliphatic carbocycles. The molecule has 2 heterocycles. The van der Waals surface area contributed by atoms with E-state index in [9.17, 15) is 0 Å². The van der Waals surface area contributed by atoms with Crippen molar-refractivity contribution in [3.8, 4) is 0 Å². The molecule has 2 aromatic heterocycles. The van der Waals surface area contributed by atoms with Crippen LogP contribution in [0.15, 0.2) is 16.7 Å². The maximum atomic E-state index is 5.91. The number of aromatic nitrogens is 3. The van der Waals surface area contributed by atoms with Gasteiger partial charge in [-0.25, -0.2) is 9.97 Å². The Hall–Kier alpha value is -0.650. The summed E-state index contributed by atoms with van der Waals surface area (Å²) >= 11 is 9.35. The number of halogens is 2. The van der Waals surface area contributed by atoms with Gasteiger partial charge in [0.25, 0.3) is 0 Å². The molecule has 0 spiro atoms. The van der Waals surface area contributed by atoms with Crippen molar-refractivity contribution in [3.05, 3.63) is 22.6 Å². The summed E-state index contributed by atoms with van der Waals surface area (Å²) in [6, 6.07) is 2.24. The number of fused-ring (bicyclic) bond motifs is 1. The van der Waals surface area contributed by atoms with Crippen LogP contribution >= 0.6 is 27.5 Å². The highest BCUT2D eigenvalue weighted by Crippen LogP contribution is 2.25. The minimum absolute atomic E-state index is 0.252. The summed E-state index contributed by atoms with van der Waals surface area (Å²) in [7, 11) is 1.73. The van der Waals surface area contributed by atoms with Crippen molar-refractivity contribution in [2.45, 2.75) is 32.2 Å². The van der Waals surface area contributed by atoms with Crippen LogP contribution in [0, 0.1) is 0 Å². The van der Waals surface area contributed by atoms with Crippen LogP contribution in [0.3, 0.4) is 0 Å². The van der Waals surface area contributed by atoms with Gasteiger partial charge in [0, 0.05) is 30.1 Å². The summed E-state index contributed by atoms with van der Waals surface area (Å²) in [4.78, 5) is 9.20. The van der Waals surface area contributed by atoms with Crippen molar-refractivity contribution < 1.29 is 4.74 Å². The zero-order valence-corrected chi connectivity index (χ0v) is 14.1. The van der Waals surface area contributed by atoms with Gasteiger partial charge in [0.05, 0.1) is 12.6 Å². The van der Waals surface area contributed by atoms with E-state index in [4.69, 9.17) is 16.3 Å². The third-order valence-electron chi connectivity index (χ3n) is 3.23. The van der Waals surface area contributed by atoms with E-state index in [1.54, 1.807) is 13.3 Å². The minimum atomic E-state index is 0.252. The van der Waals surface area contributed by atoms with Gasteiger partial charge in [-0.15, -0.1) is 11.6 Å². The van der Waals surface area contributed by atoms with E-state index < -0.39 is 0 Å². The zero-order chi connectivity index (χ0) is 14.5. The second kappa shape index (κ2) is 7.38. The topological polar surface area (TPSA) is 39.9 Å². The molecule has 0 saturated heterocycles. The van der Waals surface area contributed by atoms with Gasteiger partial charge in [0.15, 0.2) is 5.65 Å².